The summed E-state index contributed by atoms with van der Waals surface area (Å²) >= 11 is 8.17. The molecule has 6 aromatic carbocycles. The molecule has 0 bridgehead atoms. The van der Waals surface area contributed by atoms with Gasteiger partial charge in [0, 0.05) is 180 Å². The van der Waals surface area contributed by atoms with Gasteiger partial charge in [-0.1, -0.05) is 94.5 Å². The van der Waals surface area contributed by atoms with Crippen LogP contribution in [-0.4, -0.2) is 112 Å². The number of aryl methyl sites for hydroxylation is 7. The summed E-state index contributed by atoms with van der Waals surface area (Å²) in [6, 6.07) is 50.0. The molecular formula is C92H102ClN9O2S2. The van der Waals surface area contributed by atoms with E-state index in [9.17, 15) is 8.42 Å². The third kappa shape index (κ3) is 14.1. The molecule has 3 aliphatic carbocycles. The predicted molar refractivity (Wildman–Crippen MR) is 446 cm³/mol. The van der Waals surface area contributed by atoms with Gasteiger partial charge in [-0.25, -0.2) is 8.42 Å². The Labute approximate surface area is 636 Å². The molecule has 0 atom stereocenters. The Balaban J connectivity index is 0.000000108. The molecule has 546 valence electrons. The highest BCUT2D eigenvalue weighted by molar-refractivity contribution is 7.90. The molecule has 0 fully saturated rings. The maximum Gasteiger partial charge on any atom is 0.175 e. The monoisotopic (exact) mass is 1460 g/mol. The van der Waals surface area contributed by atoms with Crippen molar-refractivity contribution in [2.45, 2.75) is 162 Å². The van der Waals surface area contributed by atoms with E-state index in [2.05, 4.69) is 220 Å². The Hall–Kier alpha value is -8.37. The Morgan fingerprint density at radius 3 is 1.38 bits per heavy atom. The number of sulfone groups is 1. The number of pyridine rings is 1. The minimum Gasteiger partial charge on any atom is -0.344 e. The minimum atomic E-state index is -3.18. The van der Waals surface area contributed by atoms with Gasteiger partial charge in [-0.3, -0.25) is 4.98 Å². The zero-order valence-electron chi connectivity index (χ0n) is 63.8. The van der Waals surface area contributed by atoms with Gasteiger partial charge < -0.3 is 37.9 Å². The van der Waals surface area contributed by atoms with Gasteiger partial charge in [0.05, 0.1) is 21.4 Å². The number of aromatic nitrogens is 5. The summed E-state index contributed by atoms with van der Waals surface area (Å²) in [6.07, 6.45) is 21.3. The van der Waals surface area contributed by atoms with Crippen molar-refractivity contribution < 1.29 is 8.42 Å². The number of allylic oxidation sites excluding steroid dienone is 6. The molecule has 0 N–H and O–H groups in total. The maximum absolute atomic E-state index is 11.8. The molecule has 0 saturated carbocycles. The first-order valence-electron chi connectivity index (χ1n) is 38.7. The number of fused-ring (bicyclic) bond motifs is 12. The van der Waals surface area contributed by atoms with Crippen molar-refractivity contribution in [3.05, 3.63) is 257 Å². The van der Waals surface area contributed by atoms with Gasteiger partial charge in [0.1, 0.15) is 0 Å². The molecule has 0 unspecified atom stereocenters. The fourth-order valence-corrected chi connectivity index (χ4v) is 20.4. The molecule has 19 rings (SSSR count). The second kappa shape index (κ2) is 30.0. The number of benzene rings is 6. The van der Waals surface area contributed by atoms with Crippen LogP contribution >= 0.6 is 22.9 Å². The largest absolute Gasteiger partial charge is 0.344 e. The van der Waals surface area contributed by atoms with E-state index in [0.29, 0.717) is 4.90 Å². The van der Waals surface area contributed by atoms with Crippen LogP contribution in [0.2, 0.25) is 5.02 Å². The molecule has 6 aromatic heterocycles. The molecule has 12 aromatic rings. The number of thiophene rings is 1. The van der Waals surface area contributed by atoms with Crippen molar-refractivity contribution >= 4 is 110 Å². The number of halogens is 1. The van der Waals surface area contributed by atoms with Gasteiger partial charge in [0.25, 0.3) is 0 Å². The average molecular weight is 1470 g/mol. The summed E-state index contributed by atoms with van der Waals surface area (Å²) in [5, 5.41) is 8.60. The van der Waals surface area contributed by atoms with Gasteiger partial charge in [0.15, 0.2) is 9.84 Å². The van der Waals surface area contributed by atoms with Crippen LogP contribution in [0.3, 0.4) is 0 Å². The zero-order valence-corrected chi connectivity index (χ0v) is 66.2. The van der Waals surface area contributed by atoms with E-state index in [1.165, 1.54) is 172 Å². The second-order valence-electron chi connectivity index (χ2n) is 31.6. The number of nitrogens with zero attached hydrogens (tertiary/aromatic N) is 9. The highest BCUT2D eigenvalue weighted by atomic mass is 35.5. The average Bonchev–Trinajstić information content (AvgIpc) is 1.61. The fourth-order valence-electron chi connectivity index (χ4n) is 18.5. The van der Waals surface area contributed by atoms with Crippen LogP contribution in [0.4, 0.5) is 0 Å². The van der Waals surface area contributed by atoms with E-state index in [-0.39, 0.29) is 0 Å². The van der Waals surface area contributed by atoms with Crippen molar-refractivity contribution in [1.82, 2.24) is 42.9 Å². The van der Waals surface area contributed by atoms with Gasteiger partial charge >= 0.3 is 0 Å². The summed E-state index contributed by atoms with van der Waals surface area (Å²) in [5.74, 6) is 0. The van der Waals surface area contributed by atoms with Gasteiger partial charge in [0.2, 0.25) is 0 Å². The standard InChI is InChI=1S/C25H28N2.C23H25N3.C23H26N2S.C21H23ClN2O2S/c1-17-7-10-19(11-8-17)20-5-4-6-23(20)27-24-12-9-18(2)15-21(24)22-16-26(3)14-13-25(22)27;1-16-8-9-22-19(13-16)20-15-25(2)12-10-23(20)26(22)21-7-3-6-18(21)17-5-4-11-24-14-17;1-15-7-8-21-18(13-15)19-14-24(3)11-9-22(19)25(21)20-6-4-5-17(20)23-16(2)10-12-26-23;1-23-10-9-21-19(14-23)18-13-16(22)6-7-20(18)24(21)11-8-15-4-3-5-17(12-15)27(2,25)26/h7-12,15H,4-6,13-14,16H2,1-3H3;4-5,8-9,11,13-14H,3,6-7,10,12,15H2,1-2H3;7-8,10,12-13H,4-6,9,11,14H2,1-3H3;3-7,12-13H,8-11,14H2,1-2H3. The first kappa shape index (κ1) is 71.9. The lowest BCUT2D eigenvalue weighted by molar-refractivity contribution is 0.309. The van der Waals surface area contributed by atoms with Crippen LogP contribution in [0.25, 0.3) is 77.4 Å². The van der Waals surface area contributed by atoms with Crippen molar-refractivity contribution in [1.29, 1.82) is 0 Å². The van der Waals surface area contributed by atoms with Crippen LogP contribution in [0.15, 0.2) is 162 Å². The number of likely N-dealkylation sites (N-methyl/N-ethyl adjacent to an activating group) is 4. The first-order chi connectivity index (χ1) is 51.3. The molecule has 106 heavy (non-hydrogen) atoms. The summed E-state index contributed by atoms with van der Waals surface area (Å²) < 4.78 is 33.9. The predicted octanol–water partition coefficient (Wildman–Crippen LogP) is 20.5. The van der Waals surface area contributed by atoms with Crippen LogP contribution in [0.5, 0.6) is 0 Å². The van der Waals surface area contributed by atoms with Gasteiger partial charge in [-0.05, 0) is 272 Å². The minimum absolute atomic E-state index is 0.382. The van der Waals surface area contributed by atoms with E-state index in [1.807, 2.05) is 41.9 Å². The van der Waals surface area contributed by atoms with Crippen LogP contribution in [0.1, 0.15) is 152 Å². The summed E-state index contributed by atoms with van der Waals surface area (Å²) in [5.41, 5.74) is 37.2. The van der Waals surface area contributed by atoms with Crippen molar-refractivity contribution in [3.63, 3.8) is 0 Å². The maximum atomic E-state index is 11.8. The van der Waals surface area contributed by atoms with E-state index >= 15 is 0 Å². The Kier molecular flexibility index (Phi) is 20.3. The quantitative estimate of drug-likeness (QED) is 0.135. The molecule has 11 nitrogen and oxygen atoms in total. The SMILES string of the molecule is CN1CCc2c(c3cc(Cl)ccc3n2CCc2cccc(S(C)(=O)=O)c2)C1.Cc1ccc(C2=C(n3c4c(c5cc(C)ccc53)CN(C)CC4)CCC2)cc1.Cc1ccc2c(c1)c1c(n2C2=C(c3cccnc3)CCC2)CCN(C)C1.Cc1ccc2c(c1)c1c(n2C2=C(c3sccc3C)CCC2)CCN(C)C1. The summed E-state index contributed by atoms with van der Waals surface area (Å²) in [6.45, 7) is 20.5. The first-order valence-corrected chi connectivity index (χ1v) is 41.8. The molecule has 0 saturated heterocycles. The van der Waals surface area contributed by atoms with Crippen LogP contribution < -0.4 is 0 Å². The van der Waals surface area contributed by atoms with Crippen LogP contribution in [-0.2, 0) is 74.7 Å². The Bertz CT molecular complexity index is 5600. The van der Waals surface area contributed by atoms with Crippen molar-refractivity contribution in [3.8, 4) is 0 Å². The lowest BCUT2D eigenvalue weighted by Crippen LogP contribution is -2.27. The Morgan fingerprint density at radius 1 is 0.443 bits per heavy atom. The van der Waals surface area contributed by atoms with Crippen molar-refractivity contribution in [2.24, 2.45) is 0 Å². The van der Waals surface area contributed by atoms with Gasteiger partial charge in [-0.2, -0.15) is 0 Å². The van der Waals surface area contributed by atoms with E-state index in [1.54, 1.807) is 57.2 Å². The summed E-state index contributed by atoms with van der Waals surface area (Å²) in [7, 11) is 5.69. The number of rotatable bonds is 10. The number of hydrogen-bond donors (Lipinski definition) is 0. The zero-order chi connectivity index (χ0) is 73.2. The molecular weight excluding hydrogens is 1360 g/mol. The molecule has 7 aliphatic rings. The van der Waals surface area contributed by atoms with E-state index in [4.69, 9.17) is 11.6 Å². The third-order valence-electron chi connectivity index (χ3n) is 23.8. The molecule has 10 heterocycles. The fraction of sp³-hybridized carbons (Fsp3) is 0.359. The van der Waals surface area contributed by atoms with E-state index < -0.39 is 9.84 Å². The lowest BCUT2D eigenvalue weighted by Gasteiger charge is -2.25. The lowest BCUT2D eigenvalue weighted by atomic mass is 10.0. The topological polar surface area (TPSA) is 79.7 Å². The molecule has 0 radical (unpaired) electrons. The molecule has 4 aliphatic heterocycles. The van der Waals surface area contributed by atoms with Crippen molar-refractivity contribution in [2.75, 3.05) is 60.6 Å². The normalized spacial score (nSPS) is 17.2. The molecule has 0 spiro atoms. The Morgan fingerprint density at radius 2 is 0.896 bits per heavy atom. The van der Waals surface area contributed by atoms with E-state index in [0.717, 1.165) is 114 Å². The highest BCUT2D eigenvalue weighted by Gasteiger charge is 2.32. The molecule has 0 amide bonds. The van der Waals surface area contributed by atoms with Crippen LogP contribution in [0, 0.1) is 34.6 Å². The molecule has 14 heteroatoms. The highest BCUT2D eigenvalue weighted by Crippen LogP contribution is 2.47. The summed E-state index contributed by atoms with van der Waals surface area (Å²) in [4.78, 5) is 16.0. The number of hydrogen-bond acceptors (Lipinski definition) is 8. The smallest absolute Gasteiger partial charge is 0.175 e. The second-order valence-corrected chi connectivity index (χ2v) is 34.9. The third-order valence-corrected chi connectivity index (χ3v) is 26.2. The van der Waals surface area contributed by atoms with Gasteiger partial charge in [-0.15, -0.1) is 11.3 Å².